The van der Waals surface area contributed by atoms with E-state index in [2.05, 4.69) is 15.4 Å². The summed E-state index contributed by atoms with van der Waals surface area (Å²) in [5.41, 5.74) is 0.923. The SMILES string of the molecule is CC(C(=O)Nc1cccnc1)n1nc(-c2cccs2)ccc1=O. The summed E-state index contributed by atoms with van der Waals surface area (Å²) >= 11 is 1.53. The Bertz CT molecular complexity index is 859. The topological polar surface area (TPSA) is 76.9 Å². The normalized spacial score (nSPS) is 11.9. The number of nitrogens with one attached hydrogen (secondary N) is 1. The van der Waals surface area contributed by atoms with Crippen LogP contribution < -0.4 is 10.9 Å². The molecule has 0 fully saturated rings. The van der Waals surface area contributed by atoms with E-state index in [1.807, 2.05) is 17.5 Å². The van der Waals surface area contributed by atoms with Crippen LogP contribution in [0.2, 0.25) is 0 Å². The van der Waals surface area contributed by atoms with Gasteiger partial charge < -0.3 is 5.32 Å². The van der Waals surface area contributed by atoms with E-state index in [0.717, 1.165) is 4.88 Å². The highest BCUT2D eigenvalue weighted by atomic mass is 32.1. The third-order valence-corrected chi connectivity index (χ3v) is 4.17. The molecule has 0 aromatic carbocycles. The molecule has 0 aliphatic heterocycles. The zero-order chi connectivity index (χ0) is 16.2. The largest absolute Gasteiger partial charge is 0.323 e. The summed E-state index contributed by atoms with van der Waals surface area (Å²) in [5, 5.41) is 8.97. The molecule has 1 unspecified atom stereocenters. The van der Waals surface area contributed by atoms with Gasteiger partial charge in [-0.15, -0.1) is 11.3 Å². The van der Waals surface area contributed by atoms with Crippen LogP contribution in [0.3, 0.4) is 0 Å². The van der Waals surface area contributed by atoms with E-state index in [0.29, 0.717) is 11.4 Å². The van der Waals surface area contributed by atoms with Gasteiger partial charge in [0, 0.05) is 12.3 Å². The van der Waals surface area contributed by atoms with Gasteiger partial charge in [-0.3, -0.25) is 14.6 Å². The molecular formula is C16H14N4O2S. The number of pyridine rings is 1. The molecule has 3 rings (SSSR count). The minimum atomic E-state index is -0.734. The fourth-order valence-electron chi connectivity index (χ4n) is 2.05. The molecule has 1 N–H and O–H groups in total. The van der Waals surface area contributed by atoms with Gasteiger partial charge in [0.15, 0.2) is 0 Å². The number of carbonyl (C=O) groups is 1. The van der Waals surface area contributed by atoms with E-state index in [9.17, 15) is 9.59 Å². The molecule has 0 saturated heterocycles. The van der Waals surface area contributed by atoms with Gasteiger partial charge in [0.1, 0.15) is 11.7 Å². The second-order valence-electron chi connectivity index (χ2n) is 4.89. The quantitative estimate of drug-likeness (QED) is 0.799. The number of aromatic nitrogens is 3. The van der Waals surface area contributed by atoms with E-state index in [1.54, 1.807) is 37.5 Å². The zero-order valence-electron chi connectivity index (χ0n) is 12.3. The smallest absolute Gasteiger partial charge is 0.267 e. The van der Waals surface area contributed by atoms with Crippen LogP contribution in [0.15, 0.2) is 59.0 Å². The molecule has 6 nitrogen and oxygen atoms in total. The van der Waals surface area contributed by atoms with Crippen molar-refractivity contribution in [3.05, 3.63) is 64.5 Å². The first kappa shape index (κ1) is 15.1. The minimum absolute atomic E-state index is 0.320. The molecule has 23 heavy (non-hydrogen) atoms. The van der Waals surface area contributed by atoms with Crippen molar-refractivity contribution in [1.29, 1.82) is 0 Å². The van der Waals surface area contributed by atoms with E-state index >= 15 is 0 Å². The van der Waals surface area contributed by atoms with Crippen molar-refractivity contribution in [2.24, 2.45) is 0 Å². The summed E-state index contributed by atoms with van der Waals surface area (Å²) < 4.78 is 1.20. The van der Waals surface area contributed by atoms with Gasteiger partial charge in [0.2, 0.25) is 5.91 Å². The minimum Gasteiger partial charge on any atom is -0.323 e. The van der Waals surface area contributed by atoms with Gasteiger partial charge in [-0.25, -0.2) is 4.68 Å². The number of nitrogens with zero attached hydrogens (tertiary/aromatic N) is 3. The maximum atomic E-state index is 12.3. The van der Waals surface area contributed by atoms with Crippen LogP contribution in [0.5, 0.6) is 0 Å². The van der Waals surface area contributed by atoms with Gasteiger partial charge >= 0.3 is 0 Å². The van der Waals surface area contributed by atoms with Crippen LogP contribution >= 0.6 is 11.3 Å². The van der Waals surface area contributed by atoms with Gasteiger partial charge in [-0.1, -0.05) is 6.07 Å². The first-order valence-corrected chi connectivity index (χ1v) is 7.88. The average molecular weight is 326 g/mol. The van der Waals surface area contributed by atoms with Gasteiger partial charge in [0.25, 0.3) is 5.56 Å². The molecule has 0 aliphatic rings. The predicted molar refractivity (Wildman–Crippen MR) is 89.4 cm³/mol. The molecule has 0 saturated carbocycles. The van der Waals surface area contributed by atoms with Crippen molar-refractivity contribution in [2.45, 2.75) is 13.0 Å². The first-order valence-electron chi connectivity index (χ1n) is 7.00. The lowest BCUT2D eigenvalue weighted by Gasteiger charge is -2.14. The summed E-state index contributed by atoms with van der Waals surface area (Å²) in [5.74, 6) is -0.323. The lowest BCUT2D eigenvalue weighted by molar-refractivity contribution is -0.119. The molecule has 0 bridgehead atoms. The summed E-state index contributed by atoms with van der Waals surface area (Å²) in [6, 6.07) is 9.64. The van der Waals surface area contributed by atoms with Crippen LogP contribution in [0.25, 0.3) is 10.6 Å². The Hall–Kier alpha value is -2.80. The number of rotatable bonds is 4. The molecule has 0 spiro atoms. The number of hydrogen-bond acceptors (Lipinski definition) is 5. The molecule has 7 heteroatoms. The molecule has 0 radical (unpaired) electrons. The summed E-state index contributed by atoms with van der Waals surface area (Å²) in [4.78, 5) is 29.3. The molecule has 3 aromatic rings. The fraction of sp³-hybridized carbons (Fsp3) is 0.125. The Balaban J connectivity index is 1.87. The van der Waals surface area contributed by atoms with E-state index in [-0.39, 0.29) is 11.5 Å². The summed E-state index contributed by atoms with van der Waals surface area (Å²) in [7, 11) is 0. The van der Waals surface area contributed by atoms with Gasteiger partial charge in [0.05, 0.1) is 16.8 Å². The maximum Gasteiger partial charge on any atom is 0.267 e. The van der Waals surface area contributed by atoms with E-state index < -0.39 is 6.04 Å². The van der Waals surface area contributed by atoms with Crippen LogP contribution in [0.1, 0.15) is 13.0 Å². The highest BCUT2D eigenvalue weighted by Gasteiger charge is 2.18. The Morgan fingerprint density at radius 2 is 2.13 bits per heavy atom. The average Bonchev–Trinajstić information content (AvgIpc) is 3.10. The standard InChI is InChI=1S/C16H14N4O2S/c1-11(16(22)18-12-4-2-8-17-10-12)20-15(21)7-6-13(19-20)14-5-3-9-23-14/h2-11H,1H3,(H,18,22). The number of thiophene rings is 1. The third-order valence-electron chi connectivity index (χ3n) is 3.27. The van der Waals surface area contributed by atoms with Crippen molar-refractivity contribution in [3.63, 3.8) is 0 Å². The van der Waals surface area contributed by atoms with Crippen molar-refractivity contribution in [2.75, 3.05) is 5.32 Å². The van der Waals surface area contributed by atoms with Crippen LogP contribution in [0.4, 0.5) is 5.69 Å². The number of amides is 1. The molecule has 1 atom stereocenters. The molecule has 3 heterocycles. The molecule has 0 aliphatic carbocycles. The first-order chi connectivity index (χ1) is 11.1. The Labute approximate surface area is 136 Å². The summed E-state index contributed by atoms with van der Waals surface area (Å²) in [6.45, 7) is 1.64. The van der Waals surface area contributed by atoms with Crippen LogP contribution in [0, 0.1) is 0 Å². The number of anilines is 1. The molecule has 1 amide bonds. The number of hydrogen-bond donors (Lipinski definition) is 1. The van der Waals surface area contributed by atoms with Crippen molar-refractivity contribution in [1.82, 2.24) is 14.8 Å². The van der Waals surface area contributed by atoms with Crippen molar-refractivity contribution in [3.8, 4) is 10.6 Å². The van der Waals surface area contributed by atoms with Crippen molar-refractivity contribution < 1.29 is 4.79 Å². The number of carbonyl (C=O) groups excluding carboxylic acids is 1. The zero-order valence-corrected chi connectivity index (χ0v) is 13.2. The highest BCUT2D eigenvalue weighted by molar-refractivity contribution is 7.13. The van der Waals surface area contributed by atoms with Crippen molar-refractivity contribution >= 4 is 22.9 Å². The lowest BCUT2D eigenvalue weighted by atomic mass is 10.3. The second-order valence-corrected chi connectivity index (χ2v) is 5.83. The second kappa shape index (κ2) is 6.53. The Kier molecular flexibility index (Phi) is 4.29. The fourth-order valence-corrected chi connectivity index (χ4v) is 2.74. The van der Waals surface area contributed by atoms with Crippen LogP contribution in [-0.4, -0.2) is 20.7 Å². The Morgan fingerprint density at radius 1 is 1.26 bits per heavy atom. The summed E-state index contributed by atoms with van der Waals surface area (Å²) in [6.07, 6.45) is 3.17. The maximum absolute atomic E-state index is 12.3. The third kappa shape index (κ3) is 3.35. The monoisotopic (exact) mass is 326 g/mol. The lowest BCUT2D eigenvalue weighted by Crippen LogP contribution is -2.33. The molecular weight excluding hydrogens is 312 g/mol. The highest BCUT2D eigenvalue weighted by Crippen LogP contribution is 2.21. The Morgan fingerprint density at radius 3 is 2.83 bits per heavy atom. The van der Waals surface area contributed by atoms with E-state index in [1.165, 1.54) is 22.1 Å². The molecule has 3 aromatic heterocycles. The molecule has 116 valence electrons. The van der Waals surface area contributed by atoms with E-state index in [4.69, 9.17) is 0 Å². The van der Waals surface area contributed by atoms with Gasteiger partial charge in [-0.2, -0.15) is 5.10 Å². The van der Waals surface area contributed by atoms with Gasteiger partial charge in [-0.05, 0) is 36.6 Å². The van der Waals surface area contributed by atoms with Crippen LogP contribution in [-0.2, 0) is 4.79 Å². The predicted octanol–water partition coefficient (Wildman–Crippen LogP) is 2.57.